The van der Waals surface area contributed by atoms with Gasteiger partial charge in [0.1, 0.15) is 91.4 Å². The molecule has 13 N–H and O–H groups in total. The Kier molecular flexibility index (Phi) is 19.4. The fourth-order valence-corrected chi connectivity index (χ4v) is 6.51. The van der Waals surface area contributed by atoms with Gasteiger partial charge in [-0.15, -0.1) is 5.06 Å². The van der Waals surface area contributed by atoms with E-state index in [-0.39, 0.29) is 29.2 Å². The first-order chi connectivity index (χ1) is 35.3. The first-order valence-electron chi connectivity index (χ1n) is 22.0. The maximum absolute atomic E-state index is 12.1. The Morgan fingerprint density at radius 2 is 0.838 bits per heavy atom. The van der Waals surface area contributed by atoms with E-state index in [1.54, 1.807) is 0 Å². The number of nitrogens with one attached hydrogen (secondary N) is 1. The molecule has 1 aliphatic heterocycles. The van der Waals surface area contributed by atoms with Gasteiger partial charge in [0.25, 0.3) is 17.7 Å². The van der Waals surface area contributed by atoms with Crippen LogP contribution in [0.15, 0.2) is 146 Å². The second-order valence-electron chi connectivity index (χ2n) is 15.5. The maximum Gasteiger partial charge on any atom is 0.371 e. The fourth-order valence-electron chi connectivity index (χ4n) is 6.51. The normalized spacial score (nSPS) is 11.3. The van der Waals surface area contributed by atoms with Crippen LogP contribution in [0.2, 0.25) is 0 Å². The highest BCUT2D eigenvalue weighted by Crippen LogP contribution is 2.34. The molecule has 0 aromatic heterocycles. The summed E-state index contributed by atoms with van der Waals surface area (Å²) in [7, 11) is 0. The van der Waals surface area contributed by atoms with Crippen molar-refractivity contribution in [2.75, 3.05) is 13.1 Å². The third-order valence-corrected chi connectivity index (χ3v) is 10.0. The van der Waals surface area contributed by atoms with Crippen LogP contribution in [-0.4, -0.2) is 98.9 Å². The number of nitrogens with zero attached hydrogens (tertiary/aromatic N) is 1. The van der Waals surface area contributed by atoms with Crippen molar-refractivity contribution in [3.63, 3.8) is 0 Å². The molecular weight excluding hydrogens is 967 g/mol. The molecule has 0 spiro atoms. The van der Waals surface area contributed by atoms with Gasteiger partial charge in [-0.3, -0.25) is 14.4 Å². The third-order valence-electron chi connectivity index (χ3n) is 10.0. The van der Waals surface area contributed by atoms with Gasteiger partial charge in [-0.1, -0.05) is 60.7 Å². The van der Waals surface area contributed by atoms with Gasteiger partial charge in [-0.25, -0.2) is 9.59 Å². The number of amides is 3. The topological polar surface area (TPSA) is 357 Å². The minimum absolute atomic E-state index is 0.0698. The van der Waals surface area contributed by atoms with Crippen LogP contribution in [0.3, 0.4) is 0 Å². The number of para-hydroxylation sites is 2. The van der Waals surface area contributed by atoms with Gasteiger partial charge >= 0.3 is 11.9 Å². The fraction of sp³-hybridized carbons (Fsp3) is 0.113. The molecular formula is C53H49N3O18. The van der Waals surface area contributed by atoms with Gasteiger partial charge in [-0.2, -0.15) is 0 Å². The number of ether oxygens (including phenoxy) is 2. The summed E-state index contributed by atoms with van der Waals surface area (Å²) < 4.78 is 11.4. The lowest BCUT2D eigenvalue weighted by Gasteiger charge is -2.13. The van der Waals surface area contributed by atoms with E-state index in [0.29, 0.717) is 25.3 Å². The molecule has 21 heteroatoms. The van der Waals surface area contributed by atoms with Gasteiger partial charge in [0.15, 0.2) is 0 Å². The van der Waals surface area contributed by atoms with Gasteiger partial charge in [-0.05, 0) is 79.0 Å². The Hall–Kier alpha value is -10.2. The van der Waals surface area contributed by atoms with Crippen LogP contribution in [0, 0.1) is 0 Å². The van der Waals surface area contributed by atoms with Crippen LogP contribution >= 0.6 is 0 Å². The highest BCUT2D eigenvalue weighted by Gasteiger charge is 2.34. The largest absolute Gasteiger partial charge is 0.508 e. The highest BCUT2D eigenvalue weighted by atomic mass is 16.7. The first-order valence-corrected chi connectivity index (χ1v) is 22.0. The summed E-state index contributed by atoms with van der Waals surface area (Å²) in [6.45, 7) is 0.996. The van der Waals surface area contributed by atoms with E-state index in [1.165, 1.54) is 5.56 Å². The maximum atomic E-state index is 12.1. The number of benzene rings is 7. The average Bonchev–Trinajstić information content (AvgIpc) is 3.65. The average molecular weight is 1020 g/mol. The van der Waals surface area contributed by atoms with E-state index in [4.69, 9.17) is 40.7 Å². The van der Waals surface area contributed by atoms with Crippen molar-refractivity contribution in [1.82, 2.24) is 10.4 Å². The smallest absolute Gasteiger partial charge is 0.371 e. The van der Waals surface area contributed by atoms with Crippen LogP contribution in [0.1, 0.15) is 55.0 Å². The summed E-state index contributed by atoms with van der Waals surface area (Å²) in [6.07, 6.45) is 1.34. The number of hydroxylamine groups is 2. The lowest BCUT2D eigenvalue weighted by atomic mass is 10.1. The van der Waals surface area contributed by atoms with Gasteiger partial charge in [0.2, 0.25) is 0 Å². The number of phenols is 9. The molecule has 384 valence electrons. The molecule has 8 rings (SSSR count). The van der Waals surface area contributed by atoms with Crippen molar-refractivity contribution in [2.24, 2.45) is 5.73 Å². The monoisotopic (exact) mass is 1020 g/mol. The van der Waals surface area contributed by atoms with E-state index in [0.717, 1.165) is 65.6 Å². The number of hydrogen-bond acceptors (Lipinski definition) is 18. The van der Waals surface area contributed by atoms with Gasteiger partial charge in [0.05, 0.1) is 0 Å². The molecule has 3 amide bonds. The van der Waals surface area contributed by atoms with Gasteiger partial charge in [0, 0.05) is 55.8 Å². The van der Waals surface area contributed by atoms with Crippen molar-refractivity contribution in [3.05, 3.63) is 173 Å². The van der Waals surface area contributed by atoms with Crippen molar-refractivity contribution in [3.8, 4) is 74.7 Å². The third kappa shape index (κ3) is 15.9. The Balaban J connectivity index is 0.000000191. The molecule has 7 aromatic carbocycles. The summed E-state index contributed by atoms with van der Waals surface area (Å²) in [6, 6.07) is 40.0. The molecule has 1 aliphatic rings. The molecule has 0 aliphatic carbocycles. The summed E-state index contributed by atoms with van der Waals surface area (Å²) in [5, 5.41) is 94.7. The first kappa shape index (κ1) is 54.8. The zero-order valence-corrected chi connectivity index (χ0v) is 38.9. The molecule has 0 atom stereocenters. The Labute approximate surface area is 420 Å². The van der Waals surface area contributed by atoms with Crippen LogP contribution in [0.25, 0.3) is 0 Å². The van der Waals surface area contributed by atoms with Crippen LogP contribution in [-0.2, 0) is 27.3 Å². The van der Waals surface area contributed by atoms with Crippen LogP contribution in [0.4, 0.5) is 0 Å². The number of rotatable bonds is 13. The Bertz CT molecular complexity index is 2980. The second kappa shape index (κ2) is 26.2. The number of carboxylic acid groups (broad SMARTS) is 1. The zero-order valence-electron chi connectivity index (χ0n) is 38.9. The molecule has 0 radical (unpaired) electrons. The van der Waals surface area contributed by atoms with Crippen LogP contribution in [0.5, 0.6) is 74.7 Å². The summed E-state index contributed by atoms with van der Waals surface area (Å²) in [5.74, 6) is -6.47. The van der Waals surface area contributed by atoms with Crippen LogP contribution < -0.4 is 20.5 Å². The van der Waals surface area contributed by atoms with E-state index in [2.05, 4.69) is 10.2 Å². The minimum Gasteiger partial charge on any atom is -0.508 e. The molecule has 1 heterocycles. The number of carbonyl (C=O) groups is 5. The Morgan fingerprint density at radius 3 is 1.22 bits per heavy atom. The Morgan fingerprint density at radius 1 is 0.486 bits per heavy atom. The lowest BCUT2D eigenvalue weighted by molar-refractivity contribution is -0.172. The molecule has 7 aromatic rings. The molecule has 74 heavy (non-hydrogen) atoms. The predicted molar refractivity (Wildman–Crippen MR) is 262 cm³/mol. The number of carbonyl (C=O) groups excluding carboxylic acids is 4. The minimum atomic E-state index is -1.45. The number of hydrogen-bond donors (Lipinski definition) is 12. The molecule has 0 bridgehead atoms. The standard InChI is InChI=1S/C21H19NO5.C14H15NO.C11H9NO7.C7H6O5/c23-15-12-18(24)20(19(25)13-15)21(26)22-11-10-14-6-8-17(9-7-14)27-16-4-2-1-3-5-16;15-11-10-12-6-8-14(9-7-12)16-13-4-2-1-3-5-13;13-5-3-6(14)10(7(15)4-5)11(18)19-12-8(16)1-2-9(12)17;8-3-1-4(9)6(7(11)12)5(10)2-3/h1-9,12-13,23-25H,10-11H2,(H,22,26);1-9H,10-11,15H2;3-4,13-15H,1-2H2;1-2,8-10H,(H,11,12). The number of aromatic carboxylic acids is 1. The second-order valence-corrected chi connectivity index (χ2v) is 15.5. The summed E-state index contributed by atoms with van der Waals surface area (Å²) in [5.41, 5.74) is 6.19. The van der Waals surface area contributed by atoms with Crippen molar-refractivity contribution >= 4 is 29.7 Å². The quantitative estimate of drug-likeness (QED) is 0.0513. The highest BCUT2D eigenvalue weighted by molar-refractivity contribution is 6.04. The van der Waals surface area contributed by atoms with Gasteiger partial charge < -0.3 is 76.4 Å². The van der Waals surface area contributed by atoms with Crippen molar-refractivity contribution in [2.45, 2.75) is 25.7 Å². The molecule has 1 saturated heterocycles. The van der Waals surface area contributed by atoms with E-state index >= 15 is 0 Å². The molecule has 21 nitrogen and oxygen atoms in total. The summed E-state index contributed by atoms with van der Waals surface area (Å²) in [4.78, 5) is 61.1. The summed E-state index contributed by atoms with van der Waals surface area (Å²) >= 11 is 0. The SMILES string of the molecule is NCCc1ccc(Oc2ccccc2)cc1.O=C(NCCc1ccc(Oc2ccccc2)cc1)c1c(O)cc(O)cc1O.O=C(O)c1c(O)cc(O)cc1O.O=C(ON1C(=O)CCC1=O)c1c(O)cc(O)cc1O. The van der Waals surface area contributed by atoms with Crippen molar-refractivity contribution in [1.29, 1.82) is 0 Å². The van der Waals surface area contributed by atoms with E-state index in [1.807, 2.05) is 109 Å². The number of nitrogens with two attached hydrogens (primary N) is 1. The molecule has 0 unspecified atom stereocenters. The number of imide groups is 1. The molecule has 0 saturated carbocycles. The predicted octanol–water partition coefficient (Wildman–Crippen LogP) is 7.07. The van der Waals surface area contributed by atoms with E-state index < -0.39 is 86.8 Å². The molecule has 1 fully saturated rings. The number of phenolic OH excluding ortho intramolecular Hbond substituents is 7. The number of aromatic hydroxyl groups is 9. The number of carboxylic acids is 1. The van der Waals surface area contributed by atoms with Crippen molar-refractivity contribution < 1.29 is 89.3 Å². The lowest BCUT2D eigenvalue weighted by Crippen LogP contribution is -2.32. The van der Waals surface area contributed by atoms with E-state index in [9.17, 15) is 49.5 Å². The zero-order chi connectivity index (χ0) is 53.9.